The highest BCUT2D eigenvalue weighted by atomic mass is 35.5. The fraction of sp³-hybridized carbons (Fsp3) is 0.611. The number of rotatable bonds is 1. The van der Waals surface area contributed by atoms with Gasteiger partial charge in [-0.2, -0.15) is 18.3 Å². The molecule has 0 spiro atoms. The van der Waals surface area contributed by atoms with E-state index in [-0.39, 0.29) is 28.2 Å². The third-order valence-corrected chi connectivity index (χ3v) is 5.80. The summed E-state index contributed by atoms with van der Waals surface area (Å²) >= 11 is 5.89. The average Bonchev–Trinajstić information content (AvgIpc) is 3.11. The lowest BCUT2D eigenvalue weighted by Crippen LogP contribution is -2.52. The van der Waals surface area contributed by atoms with Crippen LogP contribution in [0.5, 0.6) is 0 Å². The highest BCUT2D eigenvalue weighted by Gasteiger charge is 2.60. The molecule has 0 aliphatic carbocycles. The van der Waals surface area contributed by atoms with Gasteiger partial charge < -0.3 is 10.1 Å². The zero-order valence-corrected chi connectivity index (χ0v) is 16.9. The molecule has 7 nitrogen and oxygen atoms in total. The topological polar surface area (TPSA) is 71.8 Å². The Morgan fingerprint density at radius 3 is 2.76 bits per heavy atom. The maximum Gasteiger partial charge on any atom is 0.401 e. The van der Waals surface area contributed by atoms with Crippen molar-refractivity contribution in [3.63, 3.8) is 0 Å². The number of aromatic nitrogens is 3. The summed E-state index contributed by atoms with van der Waals surface area (Å²) in [5.41, 5.74) is -2.60. The summed E-state index contributed by atoms with van der Waals surface area (Å²) in [6.07, 6.45) is -2.17. The molecule has 4 heterocycles. The molecule has 0 radical (unpaired) electrons. The lowest BCUT2D eigenvalue weighted by molar-refractivity contribution is -0.181. The van der Waals surface area contributed by atoms with Crippen molar-refractivity contribution in [2.45, 2.75) is 56.8 Å². The minimum absolute atomic E-state index is 0.0303. The number of halogens is 4. The highest BCUT2D eigenvalue weighted by molar-refractivity contribution is 6.29. The molecule has 2 aliphatic heterocycles. The fourth-order valence-electron chi connectivity index (χ4n) is 4.10. The van der Waals surface area contributed by atoms with Crippen LogP contribution in [0.25, 0.3) is 5.65 Å². The molecule has 2 aliphatic rings. The largest absolute Gasteiger partial charge is 0.401 e. The van der Waals surface area contributed by atoms with Crippen molar-refractivity contribution in [1.29, 1.82) is 0 Å². The Morgan fingerprint density at radius 2 is 2.10 bits per heavy atom. The van der Waals surface area contributed by atoms with E-state index in [1.165, 1.54) is 12.3 Å². The molecule has 1 unspecified atom stereocenters. The van der Waals surface area contributed by atoms with Crippen LogP contribution in [0.15, 0.2) is 12.3 Å². The van der Waals surface area contributed by atoms with E-state index >= 15 is 0 Å². The van der Waals surface area contributed by atoms with Crippen LogP contribution in [-0.4, -0.2) is 51.6 Å². The number of anilines is 1. The van der Waals surface area contributed by atoms with Gasteiger partial charge in [0.15, 0.2) is 10.8 Å². The van der Waals surface area contributed by atoms with E-state index < -0.39 is 29.8 Å². The predicted octanol–water partition coefficient (Wildman–Crippen LogP) is 3.69. The highest BCUT2D eigenvalue weighted by Crippen LogP contribution is 2.49. The van der Waals surface area contributed by atoms with Gasteiger partial charge in [0, 0.05) is 25.3 Å². The van der Waals surface area contributed by atoms with Crippen LogP contribution in [0.3, 0.4) is 0 Å². The number of hydrogen-bond acceptors (Lipinski definition) is 4. The molecule has 0 aromatic carbocycles. The Hall–Kier alpha value is -2.07. The van der Waals surface area contributed by atoms with E-state index in [2.05, 4.69) is 15.4 Å². The quantitative estimate of drug-likeness (QED) is 0.747. The first-order chi connectivity index (χ1) is 13.4. The van der Waals surface area contributed by atoms with Gasteiger partial charge in [0.05, 0.1) is 23.2 Å². The van der Waals surface area contributed by atoms with Crippen molar-refractivity contribution in [2.24, 2.45) is 0 Å². The monoisotopic (exact) mass is 431 g/mol. The molecule has 29 heavy (non-hydrogen) atoms. The molecule has 4 rings (SSSR count). The van der Waals surface area contributed by atoms with Crippen molar-refractivity contribution in [1.82, 2.24) is 19.9 Å². The average molecular weight is 432 g/mol. The number of carbonyl (C=O) groups excluding carboxylic acids is 1. The molecule has 2 aromatic rings. The van der Waals surface area contributed by atoms with E-state index in [1.54, 1.807) is 0 Å². The van der Waals surface area contributed by atoms with Gasteiger partial charge in [0.25, 0.3) is 0 Å². The van der Waals surface area contributed by atoms with Gasteiger partial charge in [0.1, 0.15) is 5.41 Å². The van der Waals surface area contributed by atoms with Gasteiger partial charge in [-0.3, -0.25) is 4.90 Å². The molecular weight excluding hydrogens is 411 g/mol. The predicted molar refractivity (Wildman–Crippen MR) is 100 cm³/mol. The molecule has 0 saturated carbocycles. The summed E-state index contributed by atoms with van der Waals surface area (Å²) in [5.74, 6) is 0. The van der Waals surface area contributed by atoms with Crippen molar-refractivity contribution < 1.29 is 22.7 Å². The van der Waals surface area contributed by atoms with Crippen LogP contribution in [0.4, 0.5) is 23.7 Å². The summed E-state index contributed by atoms with van der Waals surface area (Å²) in [6.45, 7) is 4.80. The molecule has 11 heteroatoms. The number of fused-ring (bicyclic) bond motifs is 3. The van der Waals surface area contributed by atoms with Crippen LogP contribution in [0.2, 0.25) is 5.15 Å². The van der Waals surface area contributed by atoms with E-state index in [0.29, 0.717) is 19.4 Å². The summed E-state index contributed by atoms with van der Waals surface area (Å²) in [5, 5.41) is 6.85. The number of alkyl halides is 3. The smallest absolute Gasteiger partial charge is 0.375 e. The Kier molecular flexibility index (Phi) is 4.51. The van der Waals surface area contributed by atoms with Crippen LogP contribution in [0, 0.1) is 0 Å². The normalized spacial score (nSPS) is 26.6. The fourth-order valence-corrected chi connectivity index (χ4v) is 4.27. The SMILES string of the molecule is CC1(C)CC(NC(=O)N2C[C@@](C)(C(F)(F)F)c3c2cnc2cc(Cl)nn32)CCO1. The van der Waals surface area contributed by atoms with Crippen molar-refractivity contribution in [3.8, 4) is 0 Å². The summed E-state index contributed by atoms with van der Waals surface area (Å²) in [4.78, 5) is 18.2. The van der Waals surface area contributed by atoms with Crippen LogP contribution < -0.4 is 10.2 Å². The molecule has 158 valence electrons. The molecule has 2 aromatic heterocycles. The van der Waals surface area contributed by atoms with Gasteiger partial charge in [-0.25, -0.2) is 14.3 Å². The second kappa shape index (κ2) is 6.46. The van der Waals surface area contributed by atoms with Crippen molar-refractivity contribution in [3.05, 3.63) is 23.1 Å². The van der Waals surface area contributed by atoms with Crippen molar-refractivity contribution in [2.75, 3.05) is 18.1 Å². The van der Waals surface area contributed by atoms with Gasteiger partial charge in [-0.05, 0) is 33.6 Å². The second-order valence-electron chi connectivity index (χ2n) is 8.39. The number of ether oxygens (including phenoxy) is 1. The van der Waals surface area contributed by atoms with Gasteiger partial charge in [0.2, 0.25) is 0 Å². The molecule has 1 saturated heterocycles. The third kappa shape index (κ3) is 3.31. The first-order valence-corrected chi connectivity index (χ1v) is 9.63. The maximum atomic E-state index is 14.1. The minimum atomic E-state index is -4.61. The maximum absolute atomic E-state index is 14.1. The number of urea groups is 1. The molecule has 2 atom stereocenters. The number of nitrogens with zero attached hydrogens (tertiary/aromatic N) is 4. The Morgan fingerprint density at radius 1 is 1.38 bits per heavy atom. The lowest BCUT2D eigenvalue weighted by Gasteiger charge is -2.36. The lowest BCUT2D eigenvalue weighted by atomic mass is 9.87. The van der Waals surface area contributed by atoms with Gasteiger partial charge >= 0.3 is 12.2 Å². The van der Waals surface area contributed by atoms with E-state index in [9.17, 15) is 18.0 Å². The molecule has 1 N–H and O–H groups in total. The van der Waals surface area contributed by atoms with E-state index in [0.717, 1.165) is 16.3 Å². The van der Waals surface area contributed by atoms with Crippen LogP contribution in [0.1, 0.15) is 39.3 Å². The Labute approximate surface area is 170 Å². The molecule has 2 amide bonds. The zero-order chi connectivity index (χ0) is 21.2. The van der Waals surface area contributed by atoms with Crippen LogP contribution in [-0.2, 0) is 10.2 Å². The van der Waals surface area contributed by atoms with E-state index in [1.807, 2.05) is 13.8 Å². The Bertz CT molecular complexity index is 976. The summed E-state index contributed by atoms with van der Waals surface area (Å²) < 4.78 is 49.0. The number of nitrogens with one attached hydrogen (secondary N) is 1. The minimum Gasteiger partial charge on any atom is -0.375 e. The van der Waals surface area contributed by atoms with Crippen LogP contribution >= 0.6 is 11.6 Å². The number of amides is 2. The molecule has 1 fully saturated rings. The van der Waals surface area contributed by atoms with Crippen molar-refractivity contribution >= 4 is 29.0 Å². The first-order valence-electron chi connectivity index (χ1n) is 9.25. The number of carbonyl (C=O) groups is 1. The van der Waals surface area contributed by atoms with Gasteiger partial charge in [-0.1, -0.05) is 11.6 Å². The van der Waals surface area contributed by atoms with E-state index in [4.69, 9.17) is 16.3 Å². The zero-order valence-electron chi connectivity index (χ0n) is 16.2. The number of hydrogen-bond donors (Lipinski definition) is 1. The first kappa shape index (κ1) is 20.2. The standard InChI is InChI=1S/C18H21ClF3N5O2/c1-16(2)7-10(4-5-29-16)24-15(28)26-9-17(3,18(20,21)22)14-11(26)8-23-13-6-12(19)25-27(13)14/h6,8,10H,4-5,7,9H2,1-3H3,(H,24,28)/t10?,17-/m1/s1. The third-order valence-electron chi connectivity index (χ3n) is 5.62. The molecular formula is C18H21ClF3N5O2. The summed E-state index contributed by atoms with van der Waals surface area (Å²) in [7, 11) is 0. The second-order valence-corrected chi connectivity index (χ2v) is 8.78. The van der Waals surface area contributed by atoms with Gasteiger partial charge in [-0.15, -0.1) is 0 Å². The Balaban J connectivity index is 1.72. The summed E-state index contributed by atoms with van der Waals surface area (Å²) in [6, 6.07) is 0.593. The molecule has 0 bridgehead atoms.